The van der Waals surface area contributed by atoms with Crippen LogP contribution in [0.5, 0.6) is 5.75 Å². The molecule has 1 N–H and O–H groups in total. The normalized spacial score (nSPS) is 14.6. The van der Waals surface area contributed by atoms with Gasteiger partial charge in [-0.3, -0.25) is 4.79 Å². The van der Waals surface area contributed by atoms with Gasteiger partial charge in [0.05, 0.1) is 13.5 Å². The number of para-hydroxylation sites is 1. The van der Waals surface area contributed by atoms with E-state index in [9.17, 15) is 9.90 Å². The fraction of sp³-hybridized carbons (Fsp3) is 0.533. The van der Waals surface area contributed by atoms with Crippen LogP contribution < -0.4 is 4.74 Å². The number of methoxy groups -OCH3 is 1. The van der Waals surface area contributed by atoms with Gasteiger partial charge in [-0.25, -0.2) is 0 Å². The van der Waals surface area contributed by atoms with Crippen LogP contribution in [0.1, 0.15) is 39.7 Å². The Morgan fingerprint density at radius 2 is 1.79 bits per heavy atom. The molecular formula is C15H22O4. The van der Waals surface area contributed by atoms with Crippen LogP contribution >= 0.6 is 0 Å². The van der Waals surface area contributed by atoms with E-state index >= 15 is 0 Å². The van der Waals surface area contributed by atoms with Gasteiger partial charge in [0.25, 0.3) is 0 Å². The summed E-state index contributed by atoms with van der Waals surface area (Å²) in [5, 5.41) is 10.5. The number of carbonyl (C=O) groups is 1. The zero-order valence-electron chi connectivity index (χ0n) is 12.2. The molecule has 4 heteroatoms. The van der Waals surface area contributed by atoms with Gasteiger partial charge in [-0.2, -0.15) is 0 Å². The number of aliphatic hydroxyl groups is 1. The van der Waals surface area contributed by atoms with Crippen molar-refractivity contribution >= 4 is 5.97 Å². The fourth-order valence-corrected chi connectivity index (χ4v) is 1.84. The minimum Gasteiger partial charge on any atom is -0.496 e. The van der Waals surface area contributed by atoms with Crippen molar-refractivity contribution in [2.75, 3.05) is 7.11 Å². The first-order chi connectivity index (χ1) is 8.65. The topological polar surface area (TPSA) is 55.8 Å². The third-order valence-corrected chi connectivity index (χ3v) is 2.60. The second-order valence-corrected chi connectivity index (χ2v) is 5.74. The Morgan fingerprint density at radius 3 is 2.32 bits per heavy atom. The highest BCUT2D eigenvalue weighted by atomic mass is 16.6. The SMILES string of the molecule is COc1ccccc1[C@](C)(O)CC(=O)OC(C)(C)C. The number of ether oxygens (including phenoxy) is 2. The van der Waals surface area contributed by atoms with Gasteiger partial charge in [0.1, 0.15) is 17.0 Å². The summed E-state index contributed by atoms with van der Waals surface area (Å²) in [7, 11) is 1.53. The Balaban J connectivity index is 2.89. The van der Waals surface area contributed by atoms with Crippen molar-refractivity contribution in [1.29, 1.82) is 0 Å². The number of hydrogen-bond donors (Lipinski definition) is 1. The predicted octanol–water partition coefficient (Wildman–Crippen LogP) is 2.63. The molecule has 0 fully saturated rings. The molecule has 0 bridgehead atoms. The Labute approximate surface area is 114 Å². The van der Waals surface area contributed by atoms with Crippen molar-refractivity contribution in [3.05, 3.63) is 29.8 Å². The molecule has 1 aromatic carbocycles. The summed E-state index contributed by atoms with van der Waals surface area (Å²) >= 11 is 0. The standard InChI is InChI=1S/C15H22O4/c1-14(2,3)19-13(16)10-15(4,17)11-8-6-7-9-12(11)18-5/h6-9,17H,10H2,1-5H3/t15-/m1/s1. The van der Waals surface area contributed by atoms with Crippen molar-refractivity contribution < 1.29 is 19.4 Å². The van der Waals surface area contributed by atoms with Gasteiger partial charge >= 0.3 is 5.97 Å². The number of rotatable bonds is 4. The molecule has 0 radical (unpaired) electrons. The molecule has 0 unspecified atom stereocenters. The van der Waals surface area contributed by atoms with Crippen molar-refractivity contribution in [3.63, 3.8) is 0 Å². The summed E-state index contributed by atoms with van der Waals surface area (Å²) in [5.74, 6) is 0.111. The lowest BCUT2D eigenvalue weighted by Gasteiger charge is -2.27. The molecule has 0 amide bonds. The van der Waals surface area contributed by atoms with Crippen LogP contribution in [-0.2, 0) is 15.1 Å². The molecule has 0 heterocycles. The molecule has 1 atom stereocenters. The molecule has 0 aromatic heterocycles. The van der Waals surface area contributed by atoms with E-state index in [-0.39, 0.29) is 6.42 Å². The maximum absolute atomic E-state index is 11.8. The monoisotopic (exact) mass is 266 g/mol. The molecule has 1 aromatic rings. The highest BCUT2D eigenvalue weighted by Gasteiger charge is 2.31. The molecule has 4 nitrogen and oxygen atoms in total. The first kappa shape index (κ1) is 15.5. The van der Waals surface area contributed by atoms with E-state index in [1.54, 1.807) is 45.9 Å². The molecule has 1 rings (SSSR count). The summed E-state index contributed by atoms with van der Waals surface area (Å²) in [6, 6.07) is 7.09. The highest BCUT2D eigenvalue weighted by Crippen LogP contribution is 2.32. The van der Waals surface area contributed by atoms with Gasteiger partial charge in [0.15, 0.2) is 0 Å². The van der Waals surface area contributed by atoms with E-state index < -0.39 is 17.2 Å². The summed E-state index contributed by atoms with van der Waals surface area (Å²) in [4.78, 5) is 11.8. The third-order valence-electron chi connectivity index (χ3n) is 2.60. The van der Waals surface area contributed by atoms with Crippen LogP contribution in [0.25, 0.3) is 0 Å². The fourth-order valence-electron chi connectivity index (χ4n) is 1.84. The number of carbonyl (C=O) groups excluding carboxylic acids is 1. The second-order valence-electron chi connectivity index (χ2n) is 5.74. The lowest BCUT2D eigenvalue weighted by Crippen LogP contribution is -2.31. The van der Waals surface area contributed by atoms with Crippen LogP contribution in [0.3, 0.4) is 0 Å². The maximum Gasteiger partial charge on any atom is 0.309 e. The van der Waals surface area contributed by atoms with E-state index in [1.807, 2.05) is 6.07 Å². The molecule has 106 valence electrons. The zero-order chi connectivity index (χ0) is 14.7. The zero-order valence-corrected chi connectivity index (χ0v) is 12.2. The van der Waals surface area contributed by atoms with Crippen LogP contribution in [-0.4, -0.2) is 23.8 Å². The predicted molar refractivity (Wildman–Crippen MR) is 73.0 cm³/mol. The molecule has 19 heavy (non-hydrogen) atoms. The smallest absolute Gasteiger partial charge is 0.309 e. The van der Waals surface area contributed by atoms with Crippen LogP contribution in [0, 0.1) is 0 Å². The number of hydrogen-bond acceptors (Lipinski definition) is 4. The van der Waals surface area contributed by atoms with Crippen molar-refractivity contribution in [1.82, 2.24) is 0 Å². The Hall–Kier alpha value is -1.55. The van der Waals surface area contributed by atoms with Gasteiger partial charge in [0.2, 0.25) is 0 Å². The van der Waals surface area contributed by atoms with Gasteiger partial charge in [-0.1, -0.05) is 18.2 Å². The van der Waals surface area contributed by atoms with Gasteiger partial charge in [-0.05, 0) is 33.8 Å². The average Bonchev–Trinajstić information content (AvgIpc) is 2.25. The van der Waals surface area contributed by atoms with Crippen molar-refractivity contribution in [2.24, 2.45) is 0 Å². The summed E-state index contributed by atoms with van der Waals surface area (Å²) in [5.41, 5.74) is -1.31. The van der Waals surface area contributed by atoms with Crippen LogP contribution in [0.2, 0.25) is 0 Å². The van der Waals surface area contributed by atoms with E-state index in [2.05, 4.69) is 0 Å². The first-order valence-electron chi connectivity index (χ1n) is 6.23. The lowest BCUT2D eigenvalue weighted by atomic mass is 9.91. The van der Waals surface area contributed by atoms with Crippen molar-refractivity contribution in [3.8, 4) is 5.75 Å². The molecule has 0 aliphatic rings. The molecule has 0 aliphatic carbocycles. The third kappa shape index (κ3) is 4.56. The number of benzene rings is 1. The van der Waals surface area contributed by atoms with Crippen LogP contribution in [0.4, 0.5) is 0 Å². The number of esters is 1. The molecule has 0 spiro atoms. The van der Waals surface area contributed by atoms with E-state index in [0.29, 0.717) is 11.3 Å². The first-order valence-corrected chi connectivity index (χ1v) is 6.23. The quantitative estimate of drug-likeness (QED) is 0.851. The molecule has 0 saturated heterocycles. The summed E-state index contributed by atoms with van der Waals surface area (Å²) in [6.45, 7) is 6.96. The Kier molecular flexibility index (Phi) is 4.58. The molecule has 0 saturated carbocycles. The minimum atomic E-state index is -1.32. The summed E-state index contributed by atoms with van der Waals surface area (Å²) < 4.78 is 10.4. The Bertz CT molecular complexity index is 444. The Morgan fingerprint density at radius 1 is 1.21 bits per heavy atom. The van der Waals surface area contributed by atoms with Crippen molar-refractivity contribution in [2.45, 2.75) is 45.3 Å². The van der Waals surface area contributed by atoms with E-state index in [4.69, 9.17) is 9.47 Å². The maximum atomic E-state index is 11.8. The van der Waals surface area contributed by atoms with Gasteiger partial charge in [-0.15, -0.1) is 0 Å². The average molecular weight is 266 g/mol. The van der Waals surface area contributed by atoms with Crippen LogP contribution in [0.15, 0.2) is 24.3 Å². The summed E-state index contributed by atoms with van der Waals surface area (Å²) in [6.07, 6.45) is -0.120. The second kappa shape index (κ2) is 5.61. The molecule has 0 aliphatic heterocycles. The van der Waals surface area contributed by atoms with Gasteiger partial charge < -0.3 is 14.6 Å². The lowest BCUT2D eigenvalue weighted by molar-refractivity contribution is -0.160. The van der Waals surface area contributed by atoms with Gasteiger partial charge in [0, 0.05) is 5.56 Å². The molecular weight excluding hydrogens is 244 g/mol. The largest absolute Gasteiger partial charge is 0.496 e. The highest BCUT2D eigenvalue weighted by molar-refractivity contribution is 5.71. The minimum absolute atomic E-state index is 0.120. The van der Waals surface area contributed by atoms with E-state index in [1.165, 1.54) is 7.11 Å². The van der Waals surface area contributed by atoms with E-state index in [0.717, 1.165) is 0 Å².